The van der Waals surface area contributed by atoms with Crippen LogP contribution in [0.4, 0.5) is 11.4 Å². The van der Waals surface area contributed by atoms with Crippen molar-refractivity contribution in [3.63, 3.8) is 0 Å². The van der Waals surface area contributed by atoms with Crippen LogP contribution >= 0.6 is 15.9 Å². The molecule has 0 aliphatic heterocycles. The average molecular weight is 314 g/mol. The van der Waals surface area contributed by atoms with Crippen LogP contribution in [0.25, 0.3) is 10.9 Å². The predicted molar refractivity (Wildman–Crippen MR) is 81.2 cm³/mol. The first kappa shape index (κ1) is 12.1. The number of azo groups is 1. The molecule has 3 rings (SSSR count). The molecule has 0 aliphatic rings. The molecule has 4 heteroatoms. The highest BCUT2D eigenvalue weighted by Gasteiger charge is 2.04. The minimum absolute atomic E-state index is 0.844. The van der Waals surface area contributed by atoms with Gasteiger partial charge in [-0.15, -0.1) is 5.11 Å². The topological polar surface area (TPSA) is 29.6 Å². The first-order valence-electron chi connectivity index (χ1n) is 5.95. The van der Waals surface area contributed by atoms with Gasteiger partial charge in [0.05, 0.1) is 11.2 Å². The number of rotatable bonds is 2. The van der Waals surface area contributed by atoms with Crippen molar-refractivity contribution in [2.45, 2.75) is 0 Å². The molecular weight excluding hydrogens is 302 g/mol. The summed E-state index contributed by atoms with van der Waals surface area (Å²) in [7, 11) is 2.01. The number of benzene rings is 2. The predicted octanol–water partition coefficient (Wildman–Crippen LogP) is 5.36. The number of nitrogens with zero attached hydrogens (tertiary/aromatic N) is 3. The summed E-state index contributed by atoms with van der Waals surface area (Å²) in [6.45, 7) is 0. The molecule has 0 spiro atoms. The highest BCUT2D eigenvalue weighted by molar-refractivity contribution is 9.10. The van der Waals surface area contributed by atoms with Gasteiger partial charge in [-0.1, -0.05) is 34.1 Å². The van der Waals surface area contributed by atoms with Crippen LogP contribution in [0.5, 0.6) is 0 Å². The van der Waals surface area contributed by atoms with Gasteiger partial charge in [0.15, 0.2) is 0 Å². The van der Waals surface area contributed by atoms with E-state index < -0.39 is 0 Å². The van der Waals surface area contributed by atoms with Crippen LogP contribution in [0.2, 0.25) is 0 Å². The molecule has 1 heterocycles. The maximum Gasteiger partial charge on any atom is 0.111 e. The Morgan fingerprint density at radius 1 is 0.947 bits per heavy atom. The van der Waals surface area contributed by atoms with E-state index in [1.54, 1.807) is 0 Å². The second-order valence-electron chi connectivity index (χ2n) is 4.32. The molecule has 0 radical (unpaired) electrons. The molecule has 0 fully saturated rings. The Kier molecular flexibility index (Phi) is 3.17. The lowest BCUT2D eigenvalue weighted by Gasteiger charge is -1.93. The normalized spacial score (nSPS) is 11.5. The number of aromatic nitrogens is 1. The van der Waals surface area contributed by atoms with Crippen LogP contribution in [-0.4, -0.2) is 4.57 Å². The first-order valence-corrected chi connectivity index (χ1v) is 6.75. The smallest absolute Gasteiger partial charge is 0.111 e. The van der Waals surface area contributed by atoms with Gasteiger partial charge < -0.3 is 4.57 Å². The summed E-state index contributed by atoms with van der Waals surface area (Å²) < 4.78 is 3.10. The summed E-state index contributed by atoms with van der Waals surface area (Å²) in [5.41, 5.74) is 2.89. The number of hydrogen-bond donors (Lipinski definition) is 0. The van der Waals surface area contributed by atoms with Crippen molar-refractivity contribution < 1.29 is 0 Å². The lowest BCUT2D eigenvalue weighted by atomic mass is 10.2. The van der Waals surface area contributed by atoms with Gasteiger partial charge in [-0.25, -0.2) is 0 Å². The summed E-state index contributed by atoms with van der Waals surface area (Å²) in [6.07, 6.45) is 1.99. The van der Waals surface area contributed by atoms with Gasteiger partial charge in [0.25, 0.3) is 0 Å². The quantitative estimate of drug-likeness (QED) is 0.570. The lowest BCUT2D eigenvalue weighted by molar-refractivity contribution is 0.967. The molecule has 0 atom stereocenters. The van der Waals surface area contributed by atoms with Crippen molar-refractivity contribution in [1.29, 1.82) is 0 Å². The highest BCUT2D eigenvalue weighted by atomic mass is 79.9. The van der Waals surface area contributed by atoms with Crippen molar-refractivity contribution in [2.24, 2.45) is 17.3 Å². The first-order chi connectivity index (χ1) is 9.24. The number of hydrogen-bond acceptors (Lipinski definition) is 2. The van der Waals surface area contributed by atoms with E-state index in [0.717, 1.165) is 26.8 Å². The fraction of sp³-hybridized carbons (Fsp3) is 0.0667. The SMILES string of the molecule is Cn1cc(N=Nc2ccc(Br)cc2)c2ccccc21. The zero-order valence-corrected chi connectivity index (χ0v) is 12.0. The second-order valence-corrected chi connectivity index (χ2v) is 5.23. The van der Waals surface area contributed by atoms with Gasteiger partial charge in [0, 0.05) is 23.1 Å². The molecule has 0 bridgehead atoms. The van der Waals surface area contributed by atoms with Crippen molar-refractivity contribution in [1.82, 2.24) is 4.57 Å². The Hall–Kier alpha value is -1.94. The van der Waals surface area contributed by atoms with Crippen molar-refractivity contribution in [2.75, 3.05) is 0 Å². The van der Waals surface area contributed by atoms with Gasteiger partial charge in [0.2, 0.25) is 0 Å². The molecule has 0 amide bonds. The number of aryl methyl sites for hydroxylation is 1. The molecule has 0 aliphatic carbocycles. The number of para-hydroxylation sites is 1. The average Bonchev–Trinajstić information content (AvgIpc) is 2.76. The fourth-order valence-corrected chi connectivity index (χ4v) is 2.28. The van der Waals surface area contributed by atoms with Gasteiger partial charge in [-0.3, -0.25) is 0 Å². The summed E-state index contributed by atoms with van der Waals surface area (Å²) in [5, 5.41) is 9.73. The Labute approximate surface area is 119 Å². The zero-order chi connectivity index (χ0) is 13.2. The van der Waals surface area contributed by atoms with Crippen LogP contribution in [0.1, 0.15) is 0 Å². The summed E-state index contributed by atoms with van der Waals surface area (Å²) >= 11 is 3.40. The van der Waals surface area contributed by atoms with E-state index in [9.17, 15) is 0 Å². The zero-order valence-electron chi connectivity index (χ0n) is 10.4. The van der Waals surface area contributed by atoms with E-state index in [1.165, 1.54) is 0 Å². The molecule has 0 saturated heterocycles. The van der Waals surface area contributed by atoms with E-state index in [2.05, 4.69) is 42.9 Å². The molecule has 3 aromatic rings. The van der Waals surface area contributed by atoms with Gasteiger partial charge >= 0.3 is 0 Å². The largest absolute Gasteiger partial charge is 0.348 e. The molecule has 3 nitrogen and oxygen atoms in total. The Morgan fingerprint density at radius 3 is 2.47 bits per heavy atom. The fourth-order valence-electron chi connectivity index (χ4n) is 2.02. The molecule has 2 aromatic carbocycles. The van der Waals surface area contributed by atoms with Gasteiger partial charge in [-0.2, -0.15) is 5.11 Å². The molecular formula is C15H12BrN3. The summed E-state index contributed by atoms with van der Waals surface area (Å²) in [5.74, 6) is 0. The van der Waals surface area contributed by atoms with Crippen LogP contribution < -0.4 is 0 Å². The lowest BCUT2D eigenvalue weighted by Crippen LogP contribution is -1.81. The molecule has 0 unspecified atom stereocenters. The Balaban J connectivity index is 1.99. The maximum absolute atomic E-state index is 4.34. The van der Waals surface area contributed by atoms with E-state index in [-0.39, 0.29) is 0 Å². The third kappa shape index (κ3) is 2.44. The third-order valence-corrected chi connectivity index (χ3v) is 3.50. The number of fused-ring (bicyclic) bond motifs is 1. The molecule has 0 N–H and O–H groups in total. The minimum Gasteiger partial charge on any atom is -0.348 e. The van der Waals surface area contributed by atoms with Crippen molar-refractivity contribution in [3.05, 3.63) is 59.2 Å². The Bertz CT molecular complexity index is 742. The van der Waals surface area contributed by atoms with Gasteiger partial charge in [-0.05, 0) is 30.3 Å². The highest BCUT2D eigenvalue weighted by Crippen LogP contribution is 2.29. The van der Waals surface area contributed by atoms with E-state index >= 15 is 0 Å². The van der Waals surface area contributed by atoms with Crippen molar-refractivity contribution >= 4 is 38.2 Å². The van der Waals surface area contributed by atoms with Crippen molar-refractivity contribution in [3.8, 4) is 0 Å². The second kappa shape index (κ2) is 4.97. The summed E-state index contributed by atoms with van der Waals surface area (Å²) in [4.78, 5) is 0. The van der Waals surface area contributed by atoms with Crippen LogP contribution in [-0.2, 0) is 7.05 Å². The van der Waals surface area contributed by atoms with Crippen LogP contribution in [0.3, 0.4) is 0 Å². The molecule has 1 aromatic heterocycles. The van der Waals surface area contributed by atoms with Gasteiger partial charge in [0.1, 0.15) is 5.69 Å². The van der Waals surface area contributed by atoms with Crippen LogP contribution in [0.15, 0.2) is 69.4 Å². The third-order valence-electron chi connectivity index (χ3n) is 2.98. The van der Waals surface area contributed by atoms with E-state index in [4.69, 9.17) is 0 Å². The monoisotopic (exact) mass is 313 g/mol. The molecule has 0 saturated carbocycles. The summed E-state index contributed by atoms with van der Waals surface area (Å²) in [6, 6.07) is 15.9. The van der Waals surface area contributed by atoms with E-state index in [0.29, 0.717) is 0 Å². The maximum atomic E-state index is 4.34. The standard InChI is InChI=1S/C15H12BrN3/c1-19-10-14(13-4-2-3-5-15(13)19)18-17-12-8-6-11(16)7-9-12/h2-10H,1H3. The van der Waals surface area contributed by atoms with E-state index in [1.807, 2.05) is 49.6 Å². The Morgan fingerprint density at radius 2 is 1.68 bits per heavy atom. The van der Waals surface area contributed by atoms with Crippen LogP contribution in [0, 0.1) is 0 Å². The minimum atomic E-state index is 0.844. The molecule has 19 heavy (non-hydrogen) atoms. The number of halogens is 1. The molecule has 94 valence electrons.